The van der Waals surface area contributed by atoms with Crippen LogP contribution in [0.1, 0.15) is 20.3 Å². The van der Waals surface area contributed by atoms with Crippen molar-refractivity contribution < 1.29 is 13.2 Å². The Balaban J connectivity index is 2.04. The van der Waals surface area contributed by atoms with Crippen molar-refractivity contribution in [3.8, 4) is 0 Å². The van der Waals surface area contributed by atoms with Gasteiger partial charge in [-0.25, -0.2) is 8.42 Å². The molecule has 5 nitrogen and oxygen atoms in total. The zero-order valence-electron chi connectivity index (χ0n) is 13.0. The molecule has 8 heteroatoms. The van der Waals surface area contributed by atoms with Crippen molar-refractivity contribution in [2.24, 2.45) is 11.8 Å². The van der Waals surface area contributed by atoms with Crippen molar-refractivity contribution in [3.63, 3.8) is 0 Å². The lowest BCUT2D eigenvalue weighted by Crippen LogP contribution is -2.47. The molecule has 2 atom stereocenters. The predicted molar refractivity (Wildman–Crippen MR) is 88.7 cm³/mol. The van der Waals surface area contributed by atoms with Gasteiger partial charge in [-0.3, -0.25) is 4.79 Å². The largest absolute Gasteiger partial charge is 0.341 e. The molecule has 0 bridgehead atoms. The first-order valence-electron chi connectivity index (χ1n) is 7.19. The summed E-state index contributed by atoms with van der Waals surface area (Å²) in [6, 6.07) is 3.01. The van der Waals surface area contributed by atoms with Crippen LogP contribution in [-0.2, 0) is 14.8 Å². The van der Waals surface area contributed by atoms with Gasteiger partial charge in [-0.1, -0.05) is 25.4 Å². The molecule has 1 aromatic rings. The lowest BCUT2D eigenvalue weighted by molar-refractivity contribution is -0.133. The van der Waals surface area contributed by atoms with Gasteiger partial charge in [-0.2, -0.15) is 4.31 Å². The molecule has 1 amide bonds. The molecule has 0 saturated carbocycles. The lowest BCUT2D eigenvalue weighted by atomic mass is 9.92. The van der Waals surface area contributed by atoms with Crippen LogP contribution in [0.2, 0.25) is 4.34 Å². The molecule has 0 radical (unpaired) electrons. The third-order valence-corrected chi connectivity index (χ3v) is 7.29. The highest BCUT2D eigenvalue weighted by atomic mass is 35.5. The van der Waals surface area contributed by atoms with Crippen LogP contribution >= 0.6 is 22.9 Å². The Morgan fingerprint density at radius 1 is 1.36 bits per heavy atom. The van der Waals surface area contributed by atoms with E-state index in [0.29, 0.717) is 29.3 Å². The number of nitrogens with zero attached hydrogens (tertiary/aromatic N) is 2. The van der Waals surface area contributed by atoms with E-state index in [0.717, 1.165) is 22.1 Å². The quantitative estimate of drug-likeness (QED) is 0.824. The van der Waals surface area contributed by atoms with Gasteiger partial charge in [-0.05, 0) is 30.4 Å². The number of rotatable bonds is 4. The van der Waals surface area contributed by atoms with E-state index in [9.17, 15) is 13.2 Å². The SMILES string of the molecule is CC1CC(C)CN(C(=O)CN(C)S(=O)(=O)c2ccc(Cl)s2)C1. The molecular weight excluding hydrogens is 344 g/mol. The molecular formula is C14H21ClN2O3S2. The summed E-state index contributed by atoms with van der Waals surface area (Å²) in [5.74, 6) is 0.753. The van der Waals surface area contributed by atoms with E-state index in [-0.39, 0.29) is 16.7 Å². The number of carbonyl (C=O) groups is 1. The molecule has 1 aliphatic rings. The molecule has 2 rings (SSSR count). The molecule has 1 fully saturated rings. The number of likely N-dealkylation sites (N-methyl/N-ethyl adjacent to an activating group) is 1. The first-order valence-corrected chi connectivity index (χ1v) is 9.83. The zero-order valence-corrected chi connectivity index (χ0v) is 15.3. The molecule has 22 heavy (non-hydrogen) atoms. The highest BCUT2D eigenvalue weighted by Crippen LogP contribution is 2.28. The van der Waals surface area contributed by atoms with Gasteiger partial charge >= 0.3 is 0 Å². The second-order valence-electron chi connectivity index (χ2n) is 6.06. The summed E-state index contributed by atoms with van der Waals surface area (Å²) in [5.41, 5.74) is 0. The molecule has 2 heterocycles. The highest BCUT2D eigenvalue weighted by Gasteiger charge is 2.29. The fraction of sp³-hybridized carbons (Fsp3) is 0.643. The van der Waals surface area contributed by atoms with Gasteiger partial charge < -0.3 is 4.90 Å². The van der Waals surface area contributed by atoms with Crippen LogP contribution in [0.4, 0.5) is 0 Å². The second-order valence-corrected chi connectivity index (χ2v) is 10.1. The van der Waals surface area contributed by atoms with E-state index in [1.54, 1.807) is 11.0 Å². The van der Waals surface area contributed by atoms with Crippen molar-refractivity contribution >= 4 is 38.9 Å². The van der Waals surface area contributed by atoms with Gasteiger partial charge in [0.2, 0.25) is 5.91 Å². The van der Waals surface area contributed by atoms with Gasteiger partial charge in [0.15, 0.2) is 0 Å². The monoisotopic (exact) mass is 364 g/mol. The third-order valence-electron chi connectivity index (χ3n) is 3.79. The molecule has 1 aliphatic heterocycles. The minimum Gasteiger partial charge on any atom is -0.341 e. The summed E-state index contributed by atoms with van der Waals surface area (Å²) < 4.78 is 26.5. The fourth-order valence-electron chi connectivity index (χ4n) is 2.83. The zero-order chi connectivity index (χ0) is 16.5. The van der Waals surface area contributed by atoms with E-state index >= 15 is 0 Å². The van der Waals surface area contributed by atoms with Crippen LogP contribution in [0.5, 0.6) is 0 Å². The summed E-state index contributed by atoms with van der Waals surface area (Å²) in [6.45, 7) is 5.48. The molecule has 0 N–H and O–H groups in total. The van der Waals surface area contributed by atoms with Gasteiger partial charge in [0.25, 0.3) is 10.0 Å². The number of sulfonamides is 1. The van der Waals surface area contributed by atoms with Gasteiger partial charge in [0.05, 0.1) is 10.9 Å². The van der Waals surface area contributed by atoms with Crippen LogP contribution < -0.4 is 0 Å². The predicted octanol–water partition coefficient (Wildman–Crippen LogP) is 2.53. The average molecular weight is 365 g/mol. The molecule has 0 aliphatic carbocycles. The molecule has 1 saturated heterocycles. The van der Waals surface area contributed by atoms with Crippen LogP contribution in [0.3, 0.4) is 0 Å². The minimum absolute atomic E-state index is 0.142. The summed E-state index contributed by atoms with van der Waals surface area (Å²) in [7, 11) is -2.23. The minimum atomic E-state index is -3.66. The highest BCUT2D eigenvalue weighted by molar-refractivity contribution is 7.91. The van der Waals surface area contributed by atoms with Crippen LogP contribution in [0.25, 0.3) is 0 Å². The number of likely N-dealkylation sites (tertiary alicyclic amines) is 1. The number of amides is 1. The number of carbonyl (C=O) groups excluding carboxylic acids is 1. The smallest absolute Gasteiger partial charge is 0.252 e. The van der Waals surface area contributed by atoms with Crippen molar-refractivity contribution in [2.45, 2.75) is 24.5 Å². The summed E-state index contributed by atoms with van der Waals surface area (Å²) in [4.78, 5) is 14.2. The maximum absolute atomic E-state index is 12.4. The Morgan fingerprint density at radius 2 is 1.95 bits per heavy atom. The van der Waals surface area contributed by atoms with Crippen LogP contribution in [-0.4, -0.2) is 50.2 Å². The van der Waals surface area contributed by atoms with Gasteiger partial charge in [0.1, 0.15) is 4.21 Å². The van der Waals surface area contributed by atoms with Gasteiger partial charge in [0, 0.05) is 20.1 Å². The summed E-state index contributed by atoms with van der Waals surface area (Å²) in [5, 5.41) is 0. The number of piperidine rings is 1. The van der Waals surface area contributed by atoms with E-state index < -0.39 is 10.0 Å². The lowest BCUT2D eigenvalue weighted by Gasteiger charge is -2.35. The Morgan fingerprint density at radius 3 is 2.45 bits per heavy atom. The molecule has 0 spiro atoms. The average Bonchev–Trinajstić information content (AvgIpc) is 2.84. The number of hydrogen-bond acceptors (Lipinski definition) is 4. The Kier molecular flexibility index (Phi) is 5.53. The van der Waals surface area contributed by atoms with E-state index in [1.165, 1.54) is 13.1 Å². The Bertz CT molecular complexity index is 634. The maximum Gasteiger partial charge on any atom is 0.252 e. The topological polar surface area (TPSA) is 57.7 Å². The third kappa shape index (κ3) is 4.01. The number of thiophene rings is 1. The van der Waals surface area contributed by atoms with Crippen LogP contribution in [0.15, 0.2) is 16.3 Å². The molecule has 1 aromatic heterocycles. The van der Waals surface area contributed by atoms with E-state index in [2.05, 4.69) is 13.8 Å². The first-order chi connectivity index (χ1) is 10.2. The molecule has 2 unspecified atom stereocenters. The standard InChI is InChI=1S/C14H21ClN2O3S2/c1-10-6-11(2)8-17(7-10)13(18)9-16(3)22(19,20)14-5-4-12(15)21-14/h4-5,10-11H,6-9H2,1-3H3. The van der Waals surface area contributed by atoms with Crippen molar-refractivity contribution in [3.05, 3.63) is 16.5 Å². The first kappa shape index (κ1) is 17.7. The van der Waals surface area contributed by atoms with Crippen LogP contribution in [0, 0.1) is 11.8 Å². The van der Waals surface area contributed by atoms with Crippen molar-refractivity contribution in [2.75, 3.05) is 26.7 Å². The van der Waals surface area contributed by atoms with E-state index in [4.69, 9.17) is 11.6 Å². The van der Waals surface area contributed by atoms with E-state index in [1.807, 2.05) is 0 Å². The maximum atomic E-state index is 12.4. The van der Waals surface area contributed by atoms with Gasteiger partial charge in [-0.15, -0.1) is 11.3 Å². The van der Waals surface area contributed by atoms with Crippen molar-refractivity contribution in [1.29, 1.82) is 0 Å². The normalized spacial score (nSPS) is 23.0. The Labute approximate surface area is 140 Å². The second kappa shape index (κ2) is 6.86. The number of hydrogen-bond donors (Lipinski definition) is 0. The summed E-state index contributed by atoms with van der Waals surface area (Å²) in [6.07, 6.45) is 1.10. The molecule has 124 valence electrons. The molecule has 0 aromatic carbocycles. The number of halogens is 1. The van der Waals surface area contributed by atoms with Crippen molar-refractivity contribution in [1.82, 2.24) is 9.21 Å². The summed E-state index contributed by atoms with van der Waals surface area (Å²) >= 11 is 6.79. The Hall–Kier alpha value is -0.630. The fourth-order valence-corrected chi connectivity index (χ4v) is 5.65.